The number of hydrogen-bond acceptors (Lipinski definition) is 6. The molecule has 1 aliphatic heterocycles. The zero-order valence-corrected chi connectivity index (χ0v) is 15.2. The van der Waals surface area contributed by atoms with Crippen molar-refractivity contribution in [3.63, 3.8) is 0 Å². The first kappa shape index (κ1) is 16.0. The van der Waals surface area contributed by atoms with Gasteiger partial charge in [0.2, 0.25) is 11.9 Å². The van der Waals surface area contributed by atoms with E-state index in [9.17, 15) is 4.79 Å². The van der Waals surface area contributed by atoms with E-state index in [1.165, 1.54) is 11.3 Å². The number of fused-ring (bicyclic) bond motifs is 3. The van der Waals surface area contributed by atoms with Gasteiger partial charge in [0.25, 0.3) is 0 Å². The second kappa shape index (κ2) is 6.48. The molecule has 0 atom stereocenters. The molecule has 4 aromatic rings. The predicted octanol–water partition coefficient (Wildman–Crippen LogP) is 3.22. The highest BCUT2D eigenvalue weighted by Gasteiger charge is 2.28. The number of para-hydroxylation sites is 2. The summed E-state index contributed by atoms with van der Waals surface area (Å²) < 4.78 is 2.10. The molecular weight excluding hydrogens is 360 g/mol. The van der Waals surface area contributed by atoms with E-state index in [-0.39, 0.29) is 12.3 Å². The Morgan fingerprint density at radius 2 is 2.00 bits per heavy atom. The molecule has 1 aromatic carbocycles. The van der Waals surface area contributed by atoms with Gasteiger partial charge in [-0.05, 0) is 24.3 Å². The summed E-state index contributed by atoms with van der Waals surface area (Å²) in [5.41, 5.74) is 2.73. The molecule has 0 saturated heterocycles. The van der Waals surface area contributed by atoms with Gasteiger partial charge in [0.1, 0.15) is 5.82 Å². The van der Waals surface area contributed by atoms with Crippen LogP contribution in [0, 0.1) is 0 Å². The molecule has 4 heterocycles. The minimum Gasteiger partial charge on any atom is -0.316 e. The molecular formula is C19H16N6OS. The molecule has 27 heavy (non-hydrogen) atoms. The number of hydrogen-bond donors (Lipinski definition) is 1. The Hall–Kier alpha value is -3.26. The van der Waals surface area contributed by atoms with Crippen LogP contribution in [-0.2, 0) is 17.8 Å². The van der Waals surface area contributed by atoms with Crippen molar-refractivity contribution in [2.24, 2.45) is 0 Å². The first-order valence-corrected chi connectivity index (χ1v) is 9.54. The van der Waals surface area contributed by atoms with E-state index in [2.05, 4.69) is 24.8 Å². The van der Waals surface area contributed by atoms with Gasteiger partial charge in [0, 0.05) is 24.7 Å². The summed E-state index contributed by atoms with van der Waals surface area (Å²) in [6, 6.07) is 13.6. The highest BCUT2D eigenvalue weighted by atomic mass is 32.1. The van der Waals surface area contributed by atoms with E-state index in [4.69, 9.17) is 0 Å². The molecule has 0 aliphatic carbocycles. The number of pyridine rings is 1. The van der Waals surface area contributed by atoms with Gasteiger partial charge in [-0.3, -0.25) is 9.69 Å². The highest BCUT2D eigenvalue weighted by molar-refractivity contribution is 7.13. The molecule has 1 amide bonds. The van der Waals surface area contributed by atoms with Crippen LogP contribution in [0.15, 0.2) is 54.0 Å². The van der Waals surface area contributed by atoms with Gasteiger partial charge in [-0.2, -0.15) is 0 Å². The molecule has 0 saturated carbocycles. The van der Waals surface area contributed by atoms with Crippen molar-refractivity contribution in [1.82, 2.24) is 19.5 Å². The lowest BCUT2D eigenvalue weighted by Gasteiger charge is -2.12. The molecule has 5 rings (SSSR count). The average Bonchev–Trinajstić information content (AvgIpc) is 3.38. The molecule has 0 fully saturated rings. The fourth-order valence-corrected chi connectivity index (χ4v) is 3.98. The van der Waals surface area contributed by atoms with E-state index in [1.54, 1.807) is 11.1 Å². The van der Waals surface area contributed by atoms with Crippen LogP contribution < -0.4 is 10.2 Å². The number of anilines is 3. The first-order valence-electron chi connectivity index (χ1n) is 8.66. The zero-order valence-electron chi connectivity index (χ0n) is 14.4. The van der Waals surface area contributed by atoms with E-state index in [1.807, 2.05) is 47.8 Å². The topological polar surface area (TPSA) is 75.9 Å². The third-order valence-corrected chi connectivity index (χ3v) is 5.31. The number of imidazole rings is 1. The molecule has 0 bridgehead atoms. The van der Waals surface area contributed by atoms with Crippen LogP contribution in [0.5, 0.6) is 0 Å². The van der Waals surface area contributed by atoms with Crippen molar-refractivity contribution in [3.8, 4) is 0 Å². The second-order valence-electron chi connectivity index (χ2n) is 6.26. The third-order valence-electron chi connectivity index (χ3n) is 4.51. The average molecular weight is 376 g/mol. The van der Waals surface area contributed by atoms with Crippen molar-refractivity contribution in [2.75, 3.05) is 16.8 Å². The molecule has 8 heteroatoms. The Morgan fingerprint density at radius 3 is 2.89 bits per heavy atom. The Labute approximate surface area is 159 Å². The second-order valence-corrected chi connectivity index (χ2v) is 7.12. The van der Waals surface area contributed by atoms with Crippen molar-refractivity contribution in [2.45, 2.75) is 13.0 Å². The summed E-state index contributed by atoms with van der Waals surface area (Å²) in [7, 11) is 0. The zero-order chi connectivity index (χ0) is 18.2. The van der Waals surface area contributed by atoms with E-state index >= 15 is 0 Å². The van der Waals surface area contributed by atoms with Crippen LogP contribution in [0.25, 0.3) is 11.0 Å². The number of amides is 1. The smallest absolute Gasteiger partial charge is 0.235 e. The fraction of sp³-hybridized carbons (Fsp3) is 0.158. The normalized spacial score (nSPS) is 13.1. The summed E-state index contributed by atoms with van der Waals surface area (Å²) in [5.74, 6) is 1.47. The van der Waals surface area contributed by atoms with Gasteiger partial charge >= 0.3 is 0 Å². The molecule has 0 unspecified atom stereocenters. The van der Waals surface area contributed by atoms with E-state index < -0.39 is 0 Å². The Bertz CT molecular complexity index is 1120. The van der Waals surface area contributed by atoms with Gasteiger partial charge in [0.15, 0.2) is 5.13 Å². The predicted molar refractivity (Wildman–Crippen MR) is 105 cm³/mol. The van der Waals surface area contributed by atoms with Crippen molar-refractivity contribution >= 4 is 45.2 Å². The Balaban J connectivity index is 1.32. The summed E-state index contributed by atoms with van der Waals surface area (Å²) in [6.07, 6.45) is 1.98. The number of rotatable bonds is 4. The Morgan fingerprint density at radius 1 is 1.11 bits per heavy atom. The van der Waals surface area contributed by atoms with E-state index in [0.29, 0.717) is 6.54 Å². The van der Waals surface area contributed by atoms with Crippen LogP contribution in [0.2, 0.25) is 0 Å². The summed E-state index contributed by atoms with van der Waals surface area (Å²) in [5, 5.41) is 5.79. The van der Waals surface area contributed by atoms with Gasteiger partial charge in [0.05, 0.1) is 23.1 Å². The number of thiazole rings is 1. The number of benzene rings is 1. The lowest BCUT2D eigenvalue weighted by atomic mass is 10.3. The van der Waals surface area contributed by atoms with Crippen LogP contribution >= 0.6 is 11.3 Å². The van der Waals surface area contributed by atoms with Gasteiger partial charge in [-0.25, -0.2) is 15.0 Å². The summed E-state index contributed by atoms with van der Waals surface area (Å²) in [4.78, 5) is 27.9. The number of nitrogens with zero attached hydrogens (tertiary/aromatic N) is 5. The molecule has 0 spiro atoms. The van der Waals surface area contributed by atoms with Crippen LogP contribution in [0.1, 0.15) is 5.69 Å². The monoisotopic (exact) mass is 376 g/mol. The highest BCUT2D eigenvalue weighted by Crippen LogP contribution is 2.28. The SMILES string of the molecule is O=C(Cc1csc(Nc2ccccn2)n1)N1CCn2c1nc1ccccc12. The molecule has 134 valence electrons. The third kappa shape index (κ3) is 2.93. The van der Waals surface area contributed by atoms with Crippen LogP contribution in [0.4, 0.5) is 16.9 Å². The van der Waals surface area contributed by atoms with Crippen molar-refractivity contribution < 1.29 is 4.79 Å². The maximum Gasteiger partial charge on any atom is 0.235 e. The minimum absolute atomic E-state index is 0.0127. The standard InChI is InChI=1S/C19H16N6OS/c26-17(11-13-12-27-18(21-13)23-16-7-3-4-8-20-16)25-10-9-24-15-6-2-1-5-14(15)22-19(24)25/h1-8,12H,9-11H2,(H,20,21,23). The van der Waals surface area contributed by atoms with Crippen molar-refractivity contribution in [3.05, 3.63) is 59.7 Å². The largest absolute Gasteiger partial charge is 0.316 e. The quantitative estimate of drug-likeness (QED) is 0.592. The Kier molecular flexibility index (Phi) is 3.83. The molecule has 3 aromatic heterocycles. The first-order chi connectivity index (χ1) is 13.3. The van der Waals surface area contributed by atoms with Gasteiger partial charge in [-0.15, -0.1) is 11.3 Å². The number of nitrogens with one attached hydrogen (secondary N) is 1. The minimum atomic E-state index is 0.0127. The maximum atomic E-state index is 12.8. The van der Waals surface area contributed by atoms with Crippen LogP contribution in [0.3, 0.4) is 0 Å². The molecule has 1 N–H and O–H groups in total. The number of aromatic nitrogens is 4. The van der Waals surface area contributed by atoms with Crippen LogP contribution in [-0.4, -0.2) is 32.0 Å². The number of carbonyl (C=O) groups excluding carboxylic acids is 1. The van der Waals surface area contributed by atoms with E-state index in [0.717, 1.165) is 40.2 Å². The lowest BCUT2D eigenvalue weighted by Crippen LogP contribution is -2.31. The summed E-state index contributed by atoms with van der Waals surface area (Å²) >= 11 is 1.46. The number of carbonyl (C=O) groups is 1. The lowest BCUT2D eigenvalue weighted by molar-refractivity contribution is -0.117. The fourth-order valence-electron chi connectivity index (χ4n) is 3.27. The molecule has 1 aliphatic rings. The molecule has 0 radical (unpaired) electrons. The molecule has 7 nitrogen and oxygen atoms in total. The van der Waals surface area contributed by atoms with Gasteiger partial charge in [-0.1, -0.05) is 18.2 Å². The summed E-state index contributed by atoms with van der Waals surface area (Å²) in [6.45, 7) is 1.42. The van der Waals surface area contributed by atoms with Crippen molar-refractivity contribution in [1.29, 1.82) is 0 Å². The maximum absolute atomic E-state index is 12.8. The van der Waals surface area contributed by atoms with Gasteiger partial charge < -0.3 is 9.88 Å².